The molecule has 2 N–H and O–H groups in total. The summed E-state index contributed by atoms with van der Waals surface area (Å²) in [5.74, 6) is 0.557. The van der Waals surface area contributed by atoms with Crippen LogP contribution in [-0.4, -0.2) is 69.7 Å². The highest BCUT2D eigenvalue weighted by atomic mass is 32.2. The second-order valence-corrected chi connectivity index (χ2v) is 14.8. The molecule has 4 bridgehead atoms. The number of alkyl halides is 3. The Kier molecular flexibility index (Phi) is 10.0. The van der Waals surface area contributed by atoms with Crippen molar-refractivity contribution in [2.45, 2.75) is 76.6 Å². The third-order valence-corrected chi connectivity index (χ3v) is 9.16. The average molecular weight is 688 g/mol. The first-order chi connectivity index (χ1) is 22.5. The fourth-order valence-corrected chi connectivity index (χ4v) is 6.17. The Morgan fingerprint density at radius 1 is 0.958 bits per heavy atom. The summed E-state index contributed by atoms with van der Waals surface area (Å²) in [7, 11) is -4.23. The van der Waals surface area contributed by atoms with Crippen LogP contribution in [0.15, 0.2) is 66.0 Å². The summed E-state index contributed by atoms with van der Waals surface area (Å²) in [5.41, 5.74) is -1.14. The van der Waals surface area contributed by atoms with E-state index >= 15 is 0 Å². The average Bonchev–Trinajstić information content (AvgIpc) is 3.49. The number of fused-ring (bicyclic) bond motifs is 6. The third kappa shape index (κ3) is 8.42. The molecule has 15 heteroatoms. The predicted molar refractivity (Wildman–Crippen MR) is 176 cm³/mol. The van der Waals surface area contributed by atoms with Gasteiger partial charge < -0.3 is 14.7 Å². The van der Waals surface area contributed by atoms with Crippen LogP contribution in [-0.2, 0) is 16.4 Å². The number of ether oxygens (including phenoxy) is 1. The lowest BCUT2D eigenvalue weighted by atomic mass is 9.94. The third-order valence-electron chi connectivity index (χ3n) is 7.90. The fourth-order valence-electron chi connectivity index (χ4n) is 5.22. The zero-order chi connectivity index (χ0) is 34.7. The summed E-state index contributed by atoms with van der Waals surface area (Å²) in [5, 5.41) is 14.7. The van der Waals surface area contributed by atoms with Gasteiger partial charge in [0.2, 0.25) is 5.88 Å². The van der Waals surface area contributed by atoms with Crippen molar-refractivity contribution < 1.29 is 31.4 Å². The molecule has 48 heavy (non-hydrogen) atoms. The summed E-state index contributed by atoms with van der Waals surface area (Å²) in [6.45, 7) is 5.70. The molecule has 3 aromatic heterocycles. The Morgan fingerprint density at radius 2 is 1.71 bits per heavy atom. The molecule has 0 aliphatic carbocycles. The number of β-amino-alcohol motifs (C(OH)–C–C–N with tert-alkyl or cyclic N) is 1. The van der Waals surface area contributed by atoms with Crippen molar-refractivity contribution in [1.82, 2.24) is 24.7 Å². The van der Waals surface area contributed by atoms with E-state index in [-0.39, 0.29) is 29.1 Å². The van der Waals surface area contributed by atoms with Crippen molar-refractivity contribution in [2.75, 3.05) is 29.3 Å². The lowest BCUT2D eigenvalue weighted by molar-refractivity contribution is -0.219. The molecule has 0 unspecified atom stereocenters. The van der Waals surface area contributed by atoms with Gasteiger partial charge >= 0.3 is 6.18 Å². The first-order valence-electron chi connectivity index (χ1n) is 15.7. The summed E-state index contributed by atoms with van der Waals surface area (Å²) in [4.78, 5) is 15.6. The molecule has 0 atom stereocenters. The highest BCUT2D eigenvalue weighted by Crippen LogP contribution is 2.38. The van der Waals surface area contributed by atoms with Gasteiger partial charge in [-0.2, -0.15) is 21.6 Å². The minimum atomic E-state index is -4.47. The second-order valence-electron chi connectivity index (χ2n) is 13.2. The number of rotatable bonds is 6. The predicted octanol–water partition coefficient (Wildman–Crippen LogP) is 6.19. The van der Waals surface area contributed by atoms with Crippen LogP contribution in [0.3, 0.4) is 0 Å². The van der Waals surface area contributed by atoms with Crippen LogP contribution < -0.4 is 14.4 Å². The number of nitrogens with one attached hydrogen (secondary N) is 1. The number of pyridine rings is 1. The number of sulfonamides is 1. The molecule has 11 nitrogen and oxygen atoms in total. The van der Waals surface area contributed by atoms with Gasteiger partial charge in [-0.1, -0.05) is 43.2 Å². The van der Waals surface area contributed by atoms with Crippen molar-refractivity contribution in [1.29, 1.82) is 0 Å². The quantitative estimate of drug-likeness (QED) is 0.243. The van der Waals surface area contributed by atoms with Crippen LogP contribution in [0, 0.1) is 5.41 Å². The molecule has 0 fully saturated rings. The molecule has 0 spiro atoms. The van der Waals surface area contributed by atoms with Crippen molar-refractivity contribution in [3.05, 3.63) is 66.5 Å². The van der Waals surface area contributed by atoms with Gasteiger partial charge in [-0.05, 0) is 64.7 Å². The lowest BCUT2D eigenvalue weighted by Gasteiger charge is -2.30. The summed E-state index contributed by atoms with van der Waals surface area (Å²) >= 11 is 0. The van der Waals surface area contributed by atoms with Gasteiger partial charge in [0.05, 0.1) is 17.2 Å². The zero-order valence-electron chi connectivity index (χ0n) is 27.3. The van der Waals surface area contributed by atoms with Gasteiger partial charge in [-0.15, -0.1) is 5.10 Å². The molecular weight excluding hydrogens is 647 g/mol. The molecule has 0 saturated heterocycles. The summed E-state index contributed by atoms with van der Waals surface area (Å²) in [6, 6.07) is 13.7. The number of hydrogen-bond acceptors (Lipinski definition) is 9. The van der Waals surface area contributed by atoms with Crippen LogP contribution in [0.25, 0.3) is 17.1 Å². The molecule has 4 heterocycles. The molecule has 1 aromatic carbocycles. The molecule has 1 aliphatic rings. The Hall–Kier alpha value is -4.24. The molecule has 0 amide bonds. The summed E-state index contributed by atoms with van der Waals surface area (Å²) < 4.78 is 76.7. The number of halogens is 3. The minimum absolute atomic E-state index is 0.0340. The fraction of sp³-hybridized carbons (Fsp3) is 0.455. The maximum absolute atomic E-state index is 13.6. The van der Waals surface area contributed by atoms with Crippen LogP contribution in [0.1, 0.15) is 58.9 Å². The van der Waals surface area contributed by atoms with E-state index in [1.54, 1.807) is 26.0 Å². The molecule has 5 rings (SSSR count). The van der Waals surface area contributed by atoms with E-state index < -0.39 is 33.8 Å². The second kappa shape index (κ2) is 13.7. The van der Waals surface area contributed by atoms with Crippen LogP contribution in [0.4, 0.5) is 24.8 Å². The van der Waals surface area contributed by atoms with Crippen LogP contribution >= 0.6 is 0 Å². The van der Waals surface area contributed by atoms with E-state index in [1.807, 2.05) is 29.2 Å². The minimum Gasteiger partial charge on any atom is -0.476 e. The van der Waals surface area contributed by atoms with Gasteiger partial charge in [0.15, 0.2) is 16.7 Å². The number of hydrogen-bond donors (Lipinski definition) is 2. The van der Waals surface area contributed by atoms with E-state index in [0.29, 0.717) is 30.0 Å². The number of nitrogens with zero attached hydrogens (tertiary/aromatic N) is 6. The van der Waals surface area contributed by atoms with E-state index in [0.717, 1.165) is 45.1 Å². The molecule has 258 valence electrons. The number of aliphatic hydroxyl groups is 1. The first-order valence-corrected chi connectivity index (χ1v) is 17.2. The highest BCUT2D eigenvalue weighted by Gasteiger charge is 2.48. The Bertz CT molecular complexity index is 1840. The van der Waals surface area contributed by atoms with E-state index in [9.17, 15) is 26.7 Å². The zero-order valence-corrected chi connectivity index (χ0v) is 28.1. The maximum Gasteiger partial charge on any atom is 0.397 e. The first kappa shape index (κ1) is 35.1. The Morgan fingerprint density at radius 3 is 2.46 bits per heavy atom. The normalized spacial score (nSPS) is 16.0. The molecule has 0 radical (unpaired) electrons. The largest absolute Gasteiger partial charge is 0.476 e. The Balaban J connectivity index is 1.55. The standard InChI is InChI=1S/C33H40F3N7O4S/c1-31(2,33(34,35)36)22-47-27-17-19-43(40-27)30-29-24-14-9-8-13-23(24)12-7-5-6-10-18-42(21-32(3,4)44)26-15-11-16-28(39-26)48(45,46)41-25(38-29)20-37-30/h8-9,11,13-17,19-20,44H,5-7,10,12,18,21-22H2,1-4H3,(H,38,41). The van der Waals surface area contributed by atoms with Crippen molar-refractivity contribution >= 4 is 21.7 Å². The number of anilines is 2. The van der Waals surface area contributed by atoms with Crippen molar-refractivity contribution in [3.63, 3.8) is 0 Å². The molecule has 4 aromatic rings. The van der Waals surface area contributed by atoms with Gasteiger partial charge in [-0.3, -0.25) is 4.72 Å². The van der Waals surface area contributed by atoms with Crippen molar-refractivity contribution in [3.8, 4) is 23.0 Å². The van der Waals surface area contributed by atoms with Crippen molar-refractivity contribution in [2.24, 2.45) is 5.41 Å². The van der Waals surface area contributed by atoms with E-state index in [4.69, 9.17) is 4.74 Å². The van der Waals surface area contributed by atoms with Gasteiger partial charge in [0, 0.05) is 30.9 Å². The van der Waals surface area contributed by atoms with Gasteiger partial charge in [0.25, 0.3) is 10.0 Å². The smallest absolute Gasteiger partial charge is 0.397 e. The lowest BCUT2D eigenvalue weighted by Crippen LogP contribution is -2.40. The molecule has 1 aliphatic heterocycles. The van der Waals surface area contributed by atoms with Gasteiger partial charge in [0.1, 0.15) is 18.1 Å². The Labute approximate surface area is 278 Å². The SMILES string of the molecule is CC(C)(O)CN1CCCCCCc2ccccc2-c2nc(cnc2-n2ccc(OCC(C)(C)C(F)(F)F)n2)NS(=O)(=O)c2cccc1n2. The number of benzene rings is 1. The van der Waals surface area contributed by atoms with E-state index in [1.165, 1.54) is 29.2 Å². The number of aryl methyl sites for hydroxylation is 1. The van der Waals surface area contributed by atoms with Gasteiger partial charge in [-0.25, -0.2) is 19.6 Å². The summed E-state index contributed by atoms with van der Waals surface area (Å²) in [6.07, 6.45) is 2.52. The molecule has 0 saturated carbocycles. The monoisotopic (exact) mass is 687 g/mol. The molecular formula is C33H40F3N7O4S. The van der Waals surface area contributed by atoms with Crippen LogP contribution in [0.2, 0.25) is 0 Å². The maximum atomic E-state index is 13.6. The van der Waals surface area contributed by atoms with Crippen LogP contribution in [0.5, 0.6) is 5.88 Å². The van der Waals surface area contributed by atoms with E-state index in [2.05, 4.69) is 24.8 Å². The number of aromatic nitrogens is 5. The highest BCUT2D eigenvalue weighted by molar-refractivity contribution is 7.92. The topological polar surface area (TPSA) is 135 Å².